The molecule has 0 atom stereocenters. The van der Waals surface area contributed by atoms with Gasteiger partial charge in [-0.25, -0.2) is 0 Å². The van der Waals surface area contributed by atoms with Gasteiger partial charge < -0.3 is 10.1 Å². The maximum absolute atomic E-state index is 11.8. The zero-order chi connectivity index (χ0) is 18.1. The predicted molar refractivity (Wildman–Crippen MR) is 98.8 cm³/mol. The molecule has 1 N–H and O–H groups in total. The highest BCUT2D eigenvalue weighted by molar-refractivity contribution is 6.30. The van der Waals surface area contributed by atoms with E-state index in [-0.39, 0.29) is 5.91 Å². The minimum atomic E-state index is 0.0204. The van der Waals surface area contributed by atoms with Crippen LogP contribution >= 0.6 is 11.6 Å². The molecule has 0 radical (unpaired) electrons. The number of benzene rings is 2. The van der Waals surface area contributed by atoms with E-state index >= 15 is 0 Å². The summed E-state index contributed by atoms with van der Waals surface area (Å²) in [6, 6.07) is 14.9. The van der Waals surface area contributed by atoms with Crippen molar-refractivity contribution in [3.05, 3.63) is 64.2 Å². The van der Waals surface area contributed by atoms with Crippen molar-refractivity contribution in [3.8, 4) is 11.8 Å². The van der Waals surface area contributed by atoms with Crippen molar-refractivity contribution in [2.24, 2.45) is 0 Å². The Bertz CT molecular complexity index is 751. The molecule has 5 heteroatoms. The van der Waals surface area contributed by atoms with Gasteiger partial charge in [-0.05, 0) is 61.2 Å². The van der Waals surface area contributed by atoms with Crippen molar-refractivity contribution in [2.45, 2.75) is 26.2 Å². The van der Waals surface area contributed by atoms with Crippen LogP contribution in [-0.2, 0) is 11.2 Å². The van der Waals surface area contributed by atoms with Crippen LogP contribution in [0.4, 0.5) is 0 Å². The average molecular weight is 357 g/mol. The van der Waals surface area contributed by atoms with Gasteiger partial charge in [-0.1, -0.05) is 23.7 Å². The first-order valence-corrected chi connectivity index (χ1v) is 8.61. The first-order valence-electron chi connectivity index (χ1n) is 8.23. The van der Waals surface area contributed by atoms with E-state index in [1.165, 1.54) is 0 Å². The molecule has 0 aliphatic rings. The van der Waals surface area contributed by atoms with Gasteiger partial charge in [0.2, 0.25) is 5.91 Å². The van der Waals surface area contributed by atoms with E-state index in [4.69, 9.17) is 21.6 Å². The Hall–Kier alpha value is -2.51. The van der Waals surface area contributed by atoms with Crippen LogP contribution in [0.1, 0.15) is 29.5 Å². The molecule has 130 valence electrons. The van der Waals surface area contributed by atoms with Crippen LogP contribution in [0.25, 0.3) is 0 Å². The Morgan fingerprint density at radius 1 is 1.24 bits per heavy atom. The molecule has 0 heterocycles. The molecular formula is C20H21ClN2O2. The van der Waals surface area contributed by atoms with Crippen molar-refractivity contribution in [2.75, 3.05) is 13.2 Å². The number of carbonyl (C=O) groups is 1. The molecule has 0 aromatic heterocycles. The topological polar surface area (TPSA) is 62.1 Å². The summed E-state index contributed by atoms with van der Waals surface area (Å²) >= 11 is 5.91. The van der Waals surface area contributed by atoms with Crippen molar-refractivity contribution in [3.63, 3.8) is 0 Å². The van der Waals surface area contributed by atoms with Crippen LogP contribution in [-0.4, -0.2) is 19.1 Å². The molecule has 0 spiro atoms. The maximum Gasteiger partial charge on any atom is 0.220 e. The van der Waals surface area contributed by atoms with Crippen LogP contribution in [0.5, 0.6) is 5.75 Å². The second-order valence-electron chi connectivity index (χ2n) is 5.77. The van der Waals surface area contributed by atoms with Gasteiger partial charge in [0, 0.05) is 18.0 Å². The normalized spacial score (nSPS) is 10.1. The van der Waals surface area contributed by atoms with Crippen molar-refractivity contribution in [1.82, 2.24) is 5.32 Å². The third-order valence-corrected chi connectivity index (χ3v) is 4.00. The smallest absolute Gasteiger partial charge is 0.220 e. The van der Waals surface area contributed by atoms with E-state index in [1.54, 1.807) is 18.2 Å². The van der Waals surface area contributed by atoms with Crippen molar-refractivity contribution < 1.29 is 9.53 Å². The number of hydrogen-bond donors (Lipinski definition) is 1. The van der Waals surface area contributed by atoms with Gasteiger partial charge >= 0.3 is 0 Å². The lowest BCUT2D eigenvalue weighted by atomic mass is 10.1. The second kappa shape index (κ2) is 9.71. The summed E-state index contributed by atoms with van der Waals surface area (Å²) in [5.41, 5.74) is 2.68. The Morgan fingerprint density at radius 3 is 2.68 bits per heavy atom. The quantitative estimate of drug-likeness (QED) is 0.726. The van der Waals surface area contributed by atoms with E-state index in [1.807, 2.05) is 31.2 Å². The van der Waals surface area contributed by atoms with Crippen molar-refractivity contribution >= 4 is 17.5 Å². The van der Waals surface area contributed by atoms with E-state index < -0.39 is 0 Å². The molecule has 2 aromatic rings. The van der Waals surface area contributed by atoms with E-state index in [0.717, 1.165) is 23.3 Å². The molecule has 1 amide bonds. The van der Waals surface area contributed by atoms with Gasteiger partial charge in [-0.2, -0.15) is 5.26 Å². The van der Waals surface area contributed by atoms with Crippen LogP contribution in [0.15, 0.2) is 42.5 Å². The first kappa shape index (κ1) is 18.8. The van der Waals surface area contributed by atoms with Crippen molar-refractivity contribution in [1.29, 1.82) is 5.26 Å². The standard InChI is InChI=1S/C20H21ClN2O2/c1-15-13-18(21)8-9-19(15)25-12-2-11-23-20(24)10-7-16-3-5-17(14-22)6-4-16/h3-6,8-9,13H,2,7,10-12H2,1H3,(H,23,24). The zero-order valence-electron chi connectivity index (χ0n) is 14.2. The molecule has 0 unspecified atom stereocenters. The number of carbonyl (C=O) groups excluding carboxylic acids is 1. The lowest BCUT2D eigenvalue weighted by Gasteiger charge is -2.10. The minimum absolute atomic E-state index is 0.0204. The molecule has 0 bridgehead atoms. The number of nitrogens with one attached hydrogen (secondary N) is 1. The number of aryl methyl sites for hydroxylation is 2. The molecular weight excluding hydrogens is 336 g/mol. The summed E-state index contributed by atoms with van der Waals surface area (Å²) in [5, 5.41) is 12.3. The summed E-state index contributed by atoms with van der Waals surface area (Å²) in [5.74, 6) is 0.837. The molecule has 0 saturated heterocycles. The van der Waals surface area contributed by atoms with Gasteiger partial charge in [0.25, 0.3) is 0 Å². The van der Waals surface area contributed by atoms with Gasteiger partial charge in [0.15, 0.2) is 0 Å². The average Bonchev–Trinajstić information content (AvgIpc) is 2.61. The second-order valence-corrected chi connectivity index (χ2v) is 6.21. The monoisotopic (exact) mass is 356 g/mol. The molecule has 0 aliphatic carbocycles. The predicted octanol–water partition coefficient (Wildman–Crippen LogP) is 4.04. The highest BCUT2D eigenvalue weighted by atomic mass is 35.5. The SMILES string of the molecule is Cc1cc(Cl)ccc1OCCCNC(=O)CCc1ccc(C#N)cc1. The number of ether oxygens (including phenoxy) is 1. The molecule has 25 heavy (non-hydrogen) atoms. The fourth-order valence-corrected chi connectivity index (χ4v) is 2.58. The molecule has 4 nitrogen and oxygen atoms in total. The Kier molecular flexibility index (Phi) is 7.31. The molecule has 0 fully saturated rings. The Morgan fingerprint density at radius 2 is 2.00 bits per heavy atom. The summed E-state index contributed by atoms with van der Waals surface area (Å²) < 4.78 is 5.69. The third-order valence-electron chi connectivity index (χ3n) is 3.76. The third kappa shape index (κ3) is 6.48. The number of nitrogens with zero attached hydrogens (tertiary/aromatic N) is 1. The summed E-state index contributed by atoms with van der Waals surface area (Å²) in [7, 11) is 0. The number of nitriles is 1. The van der Waals surface area contributed by atoms with Gasteiger partial charge in [0.1, 0.15) is 5.75 Å². The van der Waals surface area contributed by atoms with E-state index in [0.29, 0.717) is 36.6 Å². The number of rotatable bonds is 8. The Labute approximate surface area is 153 Å². The summed E-state index contributed by atoms with van der Waals surface area (Å²) in [4.78, 5) is 11.8. The lowest BCUT2D eigenvalue weighted by molar-refractivity contribution is -0.121. The number of amides is 1. The molecule has 2 rings (SSSR count). The van der Waals surface area contributed by atoms with E-state index in [9.17, 15) is 4.79 Å². The fraction of sp³-hybridized carbons (Fsp3) is 0.300. The fourth-order valence-electron chi connectivity index (χ4n) is 2.35. The van der Waals surface area contributed by atoms with Gasteiger partial charge in [-0.3, -0.25) is 4.79 Å². The first-order chi connectivity index (χ1) is 12.1. The highest BCUT2D eigenvalue weighted by Crippen LogP contribution is 2.21. The zero-order valence-corrected chi connectivity index (χ0v) is 15.0. The molecule has 0 aliphatic heterocycles. The molecule has 0 saturated carbocycles. The van der Waals surface area contributed by atoms with E-state index in [2.05, 4.69) is 11.4 Å². The van der Waals surface area contributed by atoms with Crippen LogP contribution in [0.2, 0.25) is 5.02 Å². The number of hydrogen-bond acceptors (Lipinski definition) is 3. The maximum atomic E-state index is 11.8. The van der Waals surface area contributed by atoms with Gasteiger partial charge in [0.05, 0.1) is 18.2 Å². The van der Waals surface area contributed by atoms with Gasteiger partial charge in [-0.15, -0.1) is 0 Å². The summed E-state index contributed by atoms with van der Waals surface area (Å²) in [6.45, 7) is 3.07. The molecule has 2 aromatic carbocycles. The lowest BCUT2D eigenvalue weighted by Crippen LogP contribution is -2.25. The number of halogens is 1. The van der Waals surface area contributed by atoms with Crippen LogP contribution in [0, 0.1) is 18.3 Å². The minimum Gasteiger partial charge on any atom is -0.493 e. The largest absolute Gasteiger partial charge is 0.493 e. The Balaban J connectivity index is 1.61. The highest BCUT2D eigenvalue weighted by Gasteiger charge is 2.03. The van der Waals surface area contributed by atoms with Crippen LogP contribution in [0.3, 0.4) is 0 Å². The van der Waals surface area contributed by atoms with Crippen LogP contribution < -0.4 is 10.1 Å². The summed E-state index contributed by atoms with van der Waals surface area (Å²) in [6.07, 6.45) is 1.84.